The van der Waals surface area contributed by atoms with Crippen LogP contribution in [0.2, 0.25) is 0 Å². The lowest BCUT2D eigenvalue weighted by Crippen LogP contribution is -2.38. The zero-order valence-corrected chi connectivity index (χ0v) is 15.0. The number of pyridine rings is 1. The van der Waals surface area contributed by atoms with Crippen LogP contribution in [0, 0.1) is 5.41 Å². The topological polar surface area (TPSA) is 80.5 Å². The molecule has 2 aliphatic rings. The van der Waals surface area contributed by atoms with Gasteiger partial charge >= 0.3 is 0 Å². The molecule has 0 atom stereocenters. The van der Waals surface area contributed by atoms with Crippen molar-refractivity contribution in [2.45, 2.75) is 45.1 Å². The molecule has 0 bridgehead atoms. The maximum Gasteiger partial charge on any atom is 0.220 e. The number of morpholine rings is 1. The fraction of sp³-hybridized carbons (Fsp3) is 0.684. The highest BCUT2D eigenvalue weighted by molar-refractivity contribution is 5.76. The van der Waals surface area contributed by atoms with Gasteiger partial charge in [0.05, 0.1) is 13.2 Å². The molecule has 2 heterocycles. The van der Waals surface area contributed by atoms with Crippen LogP contribution in [0.1, 0.15) is 44.1 Å². The number of hydrogen-bond donors (Lipinski definition) is 2. The lowest BCUT2D eigenvalue weighted by atomic mass is 9.71. The standard InChI is InChI=1S/C19H30N4O2/c20-15-19(5-2-1-3-6-19)13-18(24)22-14-16-4-7-21-17(12-16)23-8-10-25-11-9-23/h4,7,12H,1-3,5-6,8-11,13-15,20H2,(H,22,24). The lowest BCUT2D eigenvalue weighted by molar-refractivity contribution is -0.124. The molecule has 3 rings (SSSR count). The molecule has 2 fully saturated rings. The second-order valence-electron chi connectivity index (χ2n) is 7.34. The Morgan fingerprint density at radius 2 is 2.04 bits per heavy atom. The van der Waals surface area contributed by atoms with E-state index in [2.05, 4.69) is 21.3 Å². The van der Waals surface area contributed by atoms with E-state index < -0.39 is 0 Å². The average molecular weight is 346 g/mol. The largest absolute Gasteiger partial charge is 0.378 e. The average Bonchev–Trinajstić information content (AvgIpc) is 2.68. The number of nitrogens with zero attached hydrogens (tertiary/aromatic N) is 2. The van der Waals surface area contributed by atoms with Gasteiger partial charge in [-0.2, -0.15) is 0 Å². The van der Waals surface area contributed by atoms with Crippen molar-refractivity contribution in [3.8, 4) is 0 Å². The Kier molecular flexibility index (Phi) is 6.26. The molecule has 6 nitrogen and oxygen atoms in total. The van der Waals surface area contributed by atoms with Gasteiger partial charge in [0.2, 0.25) is 5.91 Å². The normalized spacial score (nSPS) is 20.3. The van der Waals surface area contributed by atoms with Gasteiger partial charge in [-0.15, -0.1) is 0 Å². The Labute approximate surface area is 150 Å². The molecule has 1 aliphatic heterocycles. The summed E-state index contributed by atoms with van der Waals surface area (Å²) >= 11 is 0. The van der Waals surface area contributed by atoms with Gasteiger partial charge in [0.1, 0.15) is 5.82 Å². The zero-order valence-electron chi connectivity index (χ0n) is 15.0. The van der Waals surface area contributed by atoms with Crippen molar-refractivity contribution >= 4 is 11.7 Å². The predicted octanol–water partition coefficient (Wildman–Crippen LogP) is 1.83. The Balaban J connectivity index is 1.53. The van der Waals surface area contributed by atoms with Crippen LogP contribution in [0.3, 0.4) is 0 Å². The van der Waals surface area contributed by atoms with Crippen molar-refractivity contribution in [2.24, 2.45) is 11.1 Å². The summed E-state index contributed by atoms with van der Waals surface area (Å²) in [6.07, 6.45) is 8.17. The zero-order chi connectivity index (χ0) is 17.5. The molecular formula is C19H30N4O2. The second-order valence-corrected chi connectivity index (χ2v) is 7.34. The van der Waals surface area contributed by atoms with E-state index in [1.165, 1.54) is 19.3 Å². The van der Waals surface area contributed by atoms with Gasteiger partial charge < -0.3 is 20.7 Å². The molecule has 1 aromatic rings. The van der Waals surface area contributed by atoms with Gasteiger partial charge in [-0.25, -0.2) is 4.98 Å². The molecule has 1 saturated heterocycles. The van der Waals surface area contributed by atoms with Crippen LogP contribution in [-0.2, 0) is 16.1 Å². The Hall–Kier alpha value is -1.66. The van der Waals surface area contributed by atoms with Crippen LogP contribution < -0.4 is 16.0 Å². The Morgan fingerprint density at radius 3 is 2.76 bits per heavy atom. The van der Waals surface area contributed by atoms with E-state index in [4.69, 9.17) is 10.5 Å². The predicted molar refractivity (Wildman–Crippen MR) is 98.3 cm³/mol. The number of hydrogen-bond acceptors (Lipinski definition) is 5. The maximum atomic E-state index is 12.4. The molecule has 0 radical (unpaired) electrons. The minimum absolute atomic E-state index is 0.0134. The maximum absolute atomic E-state index is 12.4. The quantitative estimate of drug-likeness (QED) is 0.821. The van der Waals surface area contributed by atoms with E-state index in [0.717, 1.165) is 50.5 Å². The molecule has 1 saturated carbocycles. The number of carbonyl (C=O) groups is 1. The first kappa shape index (κ1) is 18.1. The number of carbonyl (C=O) groups excluding carboxylic acids is 1. The minimum atomic E-state index is 0.0134. The molecule has 6 heteroatoms. The van der Waals surface area contributed by atoms with Crippen molar-refractivity contribution in [1.82, 2.24) is 10.3 Å². The summed E-state index contributed by atoms with van der Waals surface area (Å²) < 4.78 is 5.39. The number of aromatic nitrogens is 1. The van der Waals surface area contributed by atoms with Gasteiger partial charge in [-0.3, -0.25) is 4.79 Å². The molecule has 138 valence electrons. The van der Waals surface area contributed by atoms with Gasteiger partial charge in [0.25, 0.3) is 0 Å². The summed E-state index contributed by atoms with van der Waals surface area (Å²) in [7, 11) is 0. The summed E-state index contributed by atoms with van der Waals surface area (Å²) in [5.41, 5.74) is 7.08. The highest BCUT2D eigenvalue weighted by atomic mass is 16.5. The van der Waals surface area contributed by atoms with E-state index in [1.807, 2.05) is 12.3 Å². The monoisotopic (exact) mass is 346 g/mol. The third-order valence-electron chi connectivity index (χ3n) is 5.52. The molecule has 1 aromatic heterocycles. The Bertz CT molecular complexity index is 566. The van der Waals surface area contributed by atoms with E-state index in [1.54, 1.807) is 0 Å². The number of nitrogens with one attached hydrogen (secondary N) is 1. The summed E-state index contributed by atoms with van der Waals surface area (Å²) in [6.45, 7) is 4.35. The van der Waals surface area contributed by atoms with Crippen LogP contribution in [0.4, 0.5) is 5.82 Å². The van der Waals surface area contributed by atoms with Crippen LogP contribution >= 0.6 is 0 Å². The van der Waals surface area contributed by atoms with Crippen LogP contribution in [0.15, 0.2) is 18.3 Å². The summed E-state index contributed by atoms with van der Waals surface area (Å²) in [5.74, 6) is 1.07. The highest BCUT2D eigenvalue weighted by Crippen LogP contribution is 2.38. The first-order chi connectivity index (χ1) is 12.2. The van der Waals surface area contributed by atoms with E-state index in [0.29, 0.717) is 19.5 Å². The first-order valence-corrected chi connectivity index (χ1v) is 9.45. The Morgan fingerprint density at radius 1 is 1.28 bits per heavy atom. The highest BCUT2D eigenvalue weighted by Gasteiger charge is 2.32. The summed E-state index contributed by atoms with van der Waals surface area (Å²) in [6, 6.07) is 4.02. The molecular weight excluding hydrogens is 316 g/mol. The number of amides is 1. The number of anilines is 1. The summed E-state index contributed by atoms with van der Waals surface area (Å²) in [5, 5.41) is 3.07. The van der Waals surface area contributed by atoms with Crippen molar-refractivity contribution in [3.05, 3.63) is 23.9 Å². The van der Waals surface area contributed by atoms with Crippen molar-refractivity contribution in [3.63, 3.8) is 0 Å². The van der Waals surface area contributed by atoms with Crippen LogP contribution in [-0.4, -0.2) is 43.7 Å². The first-order valence-electron chi connectivity index (χ1n) is 9.45. The molecule has 3 N–H and O–H groups in total. The third-order valence-corrected chi connectivity index (χ3v) is 5.52. The number of rotatable bonds is 6. The van der Waals surface area contributed by atoms with Gasteiger partial charge in [-0.1, -0.05) is 19.3 Å². The molecule has 0 spiro atoms. The van der Waals surface area contributed by atoms with Crippen LogP contribution in [0.5, 0.6) is 0 Å². The van der Waals surface area contributed by atoms with E-state index in [-0.39, 0.29) is 11.3 Å². The fourth-order valence-corrected chi connectivity index (χ4v) is 3.89. The SMILES string of the molecule is NCC1(CC(=O)NCc2ccnc(N3CCOCC3)c2)CCCCC1. The van der Waals surface area contributed by atoms with Crippen LogP contribution in [0.25, 0.3) is 0 Å². The van der Waals surface area contributed by atoms with Gasteiger partial charge in [0.15, 0.2) is 0 Å². The second kappa shape index (κ2) is 8.63. The molecule has 25 heavy (non-hydrogen) atoms. The third kappa shape index (κ3) is 4.92. The van der Waals surface area contributed by atoms with Crippen molar-refractivity contribution in [2.75, 3.05) is 37.7 Å². The number of ether oxygens (including phenoxy) is 1. The molecule has 1 aliphatic carbocycles. The molecule has 0 unspecified atom stereocenters. The van der Waals surface area contributed by atoms with E-state index >= 15 is 0 Å². The minimum Gasteiger partial charge on any atom is -0.378 e. The van der Waals surface area contributed by atoms with Gasteiger partial charge in [-0.05, 0) is 42.5 Å². The van der Waals surface area contributed by atoms with Crippen molar-refractivity contribution < 1.29 is 9.53 Å². The van der Waals surface area contributed by atoms with E-state index in [9.17, 15) is 4.79 Å². The lowest BCUT2D eigenvalue weighted by Gasteiger charge is -2.35. The molecule has 1 amide bonds. The summed E-state index contributed by atoms with van der Waals surface area (Å²) in [4.78, 5) is 19.1. The van der Waals surface area contributed by atoms with Gasteiger partial charge in [0, 0.05) is 32.3 Å². The molecule has 0 aromatic carbocycles. The fourth-order valence-electron chi connectivity index (χ4n) is 3.89. The van der Waals surface area contributed by atoms with Crippen molar-refractivity contribution in [1.29, 1.82) is 0 Å². The smallest absolute Gasteiger partial charge is 0.220 e. The number of nitrogens with two attached hydrogens (primary N) is 1.